The summed E-state index contributed by atoms with van der Waals surface area (Å²) < 4.78 is 5.29. The summed E-state index contributed by atoms with van der Waals surface area (Å²) in [5, 5.41) is 8.77. The van der Waals surface area contributed by atoms with Crippen molar-refractivity contribution >= 4 is 11.7 Å². The monoisotopic (exact) mass is 193 g/mol. The highest BCUT2D eigenvalue weighted by Crippen LogP contribution is 2.29. The Balaban J connectivity index is 2.27. The number of carboxylic acids is 1. The average Bonchev–Trinajstić information content (AvgIpc) is 2.16. The molecule has 0 saturated carbocycles. The number of fused-ring (bicyclic) bond motifs is 1. The lowest BCUT2D eigenvalue weighted by atomic mass is 10.0. The molecule has 0 saturated heterocycles. The van der Waals surface area contributed by atoms with Crippen LogP contribution in [0, 0.1) is 0 Å². The Morgan fingerprint density at radius 1 is 1.57 bits per heavy atom. The Bertz CT molecular complexity index is 376. The Morgan fingerprint density at radius 3 is 3.07 bits per heavy atom. The molecule has 0 aliphatic carbocycles. The molecule has 1 heterocycles. The maximum Gasteiger partial charge on any atom is 0.344 e. The molecule has 2 rings (SSSR count). The fourth-order valence-corrected chi connectivity index (χ4v) is 1.58. The maximum absolute atomic E-state index is 10.7. The van der Waals surface area contributed by atoms with Crippen LogP contribution < -0.4 is 10.5 Å². The zero-order valence-electron chi connectivity index (χ0n) is 7.56. The topological polar surface area (TPSA) is 72.6 Å². The van der Waals surface area contributed by atoms with Gasteiger partial charge >= 0.3 is 5.97 Å². The van der Waals surface area contributed by atoms with Gasteiger partial charge in [0, 0.05) is 5.69 Å². The summed E-state index contributed by atoms with van der Waals surface area (Å²) in [6, 6.07) is 5.26. The van der Waals surface area contributed by atoms with Gasteiger partial charge in [-0.2, -0.15) is 0 Å². The molecule has 4 nitrogen and oxygen atoms in total. The van der Waals surface area contributed by atoms with Crippen LogP contribution in [0.3, 0.4) is 0 Å². The van der Waals surface area contributed by atoms with Crippen molar-refractivity contribution in [2.75, 3.05) is 5.73 Å². The smallest absolute Gasteiger partial charge is 0.344 e. The number of nitrogen functional groups attached to an aromatic ring is 1. The van der Waals surface area contributed by atoms with Gasteiger partial charge in [-0.25, -0.2) is 4.79 Å². The fraction of sp³-hybridized carbons (Fsp3) is 0.300. The van der Waals surface area contributed by atoms with Crippen LogP contribution in [0.1, 0.15) is 12.0 Å². The second kappa shape index (κ2) is 3.21. The van der Waals surface area contributed by atoms with Crippen molar-refractivity contribution in [2.45, 2.75) is 18.9 Å². The van der Waals surface area contributed by atoms with Gasteiger partial charge in [0.1, 0.15) is 5.75 Å². The highest BCUT2D eigenvalue weighted by molar-refractivity contribution is 5.73. The number of carbonyl (C=O) groups is 1. The van der Waals surface area contributed by atoms with Crippen molar-refractivity contribution in [1.29, 1.82) is 0 Å². The predicted molar refractivity (Wildman–Crippen MR) is 51.2 cm³/mol. The maximum atomic E-state index is 10.7. The molecule has 14 heavy (non-hydrogen) atoms. The lowest BCUT2D eigenvalue weighted by molar-refractivity contribution is -0.145. The number of aryl methyl sites for hydroxylation is 1. The minimum absolute atomic E-state index is 0.506. The van der Waals surface area contributed by atoms with E-state index >= 15 is 0 Å². The largest absolute Gasteiger partial charge is 0.479 e. The Labute approximate surface area is 81.3 Å². The van der Waals surface area contributed by atoms with Crippen molar-refractivity contribution in [3.8, 4) is 5.75 Å². The number of anilines is 1. The van der Waals surface area contributed by atoms with E-state index in [0.29, 0.717) is 24.3 Å². The molecule has 0 unspecified atom stereocenters. The number of carboxylic acid groups (broad SMARTS) is 1. The van der Waals surface area contributed by atoms with Crippen LogP contribution in [-0.4, -0.2) is 17.2 Å². The summed E-state index contributed by atoms with van der Waals surface area (Å²) in [5.41, 5.74) is 7.27. The molecule has 1 aliphatic heterocycles. The van der Waals surface area contributed by atoms with Crippen LogP contribution in [0.4, 0.5) is 5.69 Å². The van der Waals surface area contributed by atoms with E-state index in [1.54, 1.807) is 12.1 Å². The van der Waals surface area contributed by atoms with Crippen molar-refractivity contribution in [2.24, 2.45) is 0 Å². The quantitative estimate of drug-likeness (QED) is 0.654. The van der Waals surface area contributed by atoms with E-state index in [4.69, 9.17) is 15.6 Å². The van der Waals surface area contributed by atoms with E-state index in [1.807, 2.05) is 6.07 Å². The van der Waals surface area contributed by atoms with Crippen molar-refractivity contribution < 1.29 is 14.6 Å². The lowest BCUT2D eigenvalue weighted by Crippen LogP contribution is -2.30. The Kier molecular flexibility index (Phi) is 2.04. The van der Waals surface area contributed by atoms with Gasteiger partial charge in [0.05, 0.1) is 0 Å². The average molecular weight is 193 g/mol. The van der Waals surface area contributed by atoms with Gasteiger partial charge in [0.25, 0.3) is 0 Å². The Morgan fingerprint density at radius 2 is 2.36 bits per heavy atom. The molecule has 0 aromatic heterocycles. The van der Waals surface area contributed by atoms with Crippen LogP contribution in [0.5, 0.6) is 5.75 Å². The highest BCUT2D eigenvalue weighted by atomic mass is 16.5. The zero-order chi connectivity index (χ0) is 10.1. The molecule has 0 bridgehead atoms. The minimum atomic E-state index is -0.910. The van der Waals surface area contributed by atoms with Crippen molar-refractivity contribution in [3.05, 3.63) is 23.8 Å². The molecule has 1 aromatic carbocycles. The summed E-state index contributed by atoms with van der Waals surface area (Å²) in [6.07, 6.45) is 0.495. The van der Waals surface area contributed by atoms with E-state index in [-0.39, 0.29) is 0 Å². The third-order valence-electron chi connectivity index (χ3n) is 2.31. The zero-order valence-corrected chi connectivity index (χ0v) is 7.56. The number of nitrogens with two attached hydrogens (primary N) is 1. The van der Waals surface area contributed by atoms with E-state index in [9.17, 15) is 4.79 Å². The molecular formula is C10H11NO3. The van der Waals surface area contributed by atoms with Gasteiger partial charge in [0.15, 0.2) is 6.10 Å². The first-order valence-electron chi connectivity index (χ1n) is 4.44. The number of ether oxygens (including phenoxy) is 1. The lowest BCUT2D eigenvalue weighted by Gasteiger charge is -2.23. The van der Waals surface area contributed by atoms with Crippen LogP contribution in [0.15, 0.2) is 18.2 Å². The van der Waals surface area contributed by atoms with E-state index in [2.05, 4.69) is 0 Å². The first kappa shape index (κ1) is 8.87. The number of aliphatic carboxylic acids is 1. The molecule has 1 aromatic rings. The van der Waals surface area contributed by atoms with Crippen LogP contribution in [0.25, 0.3) is 0 Å². The molecule has 0 fully saturated rings. The van der Waals surface area contributed by atoms with Gasteiger partial charge in [-0.05, 0) is 36.6 Å². The van der Waals surface area contributed by atoms with E-state index in [1.165, 1.54) is 0 Å². The number of hydrogen-bond donors (Lipinski definition) is 2. The summed E-state index contributed by atoms with van der Waals surface area (Å²) in [7, 11) is 0. The fourth-order valence-electron chi connectivity index (χ4n) is 1.58. The number of rotatable bonds is 1. The molecule has 0 amide bonds. The van der Waals surface area contributed by atoms with Gasteiger partial charge in [0.2, 0.25) is 0 Å². The molecule has 74 valence electrons. The number of hydrogen-bond acceptors (Lipinski definition) is 3. The first-order chi connectivity index (χ1) is 6.66. The first-order valence-corrected chi connectivity index (χ1v) is 4.44. The van der Waals surface area contributed by atoms with Crippen LogP contribution in [0.2, 0.25) is 0 Å². The molecule has 0 spiro atoms. The van der Waals surface area contributed by atoms with E-state index < -0.39 is 12.1 Å². The van der Waals surface area contributed by atoms with Gasteiger partial charge in [-0.1, -0.05) is 0 Å². The van der Waals surface area contributed by atoms with Crippen LogP contribution in [-0.2, 0) is 11.2 Å². The second-order valence-electron chi connectivity index (χ2n) is 3.35. The second-order valence-corrected chi connectivity index (χ2v) is 3.35. The molecular weight excluding hydrogens is 182 g/mol. The van der Waals surface area contributed by atoms with Crippen molar-refractivity contribution in [3.63, 3.8) is 0 Å². The molecule has 4 heteroatoms. The number of benzene rings is 1. The SMILES string of the molecule is Nc1ccc2c(c1)CC[C@H](C(=O)O)O2. The van der Waals surface area contributed by atoms with Gasteiger partial charge < -0.3 is 15.6 Å². The summed E-state index contributed by atoms with van der Waals surface area (Å²) in [4.78, 5) is 10.7. The third-order valence-corrected chi connectivity index (χ3v) is 2.31. The normalized spacial score (nSPS) is 19.6. The summed E-state index contributed by atoms with van der Waals surface area (Å²) >= 11 is 0. The standard InChI is InChI=1S/C10H11NO3/c11-7-2-4-8-6(5-7)1-3-9(14-8)10(12)13/h2,4-5,9H,1,3,11H2,(H,12,13)/t9-/m1/s1. The van der Waals surface area contributed by atoms with E-state index in [0.717, 1.165) is 5.56 Å². The molecule has 1 atom stereocenters. The van der Waals surface area contributed by atoms with Gasteiger partial charge in [-0.3, -0.25) is 0 Å². The molecule has 0 radical (unpaired) electrons. The van der Waals surface area contributed by atoms with Crippen molar-refractivity contribution in [1.82, 2.24) is 0 Å². The van der Waals surface area contributed by atoms with Crippen LogP contribution >= 0.6 is 0 Å². The molecule has 3 N–H and O–H groups in total. The van der Waals surface area contributed by atoms with Gasteiger partial charge in [-0.15, -0.1) is 0 Å². The summed E-state index contributed by atoms with van der Waals surface area (Å²) in [5.74, 6) is -0.273. The minimum Gasteiger partial charge on any atom is -0.479 e. The molecule has 1 aliphatic rings. The highest BCUT2D eigenvalue weighted by Gasteiger charge is 2.25. The third kappa shape index (κ3) is 1.51. The Hall–Kier alpha value is -1.71. The summed E-state index contributed by atoms with van der Waals surface area (Å²) in [6.45, 7) is 0. The predicted octanol–water partition coefficient (Wildman–Crippen LogP) is 1.05.